The van der Waals surface area contributed by atoms with Crippen molar-refractivity contribution in [3.8, 4) is 0 Å². The second kappa shape index (κ2) is 5.41. The van der Waals surface area contributed by atoms with Crippen LogP contribution in [0.2, 0.25) is 0 Å². The SMILES string of the molecule is CC1(C)C2CCC1(C)C(NC(=O)Cn1c(=O)cnc3ccccc31)C2. The highest BCUT2D eigenvalue weighted by Crippen LogP contribution is 2.65. The Morgan fingerprint density at radius 3 is 2.76 bits per heavy atom. The molecule has 0 aliphatic heterocycles. The standard InChI is InChI=1S/C20H25N3O2/c1-19(2)13-8-9-20(19,3)16(10-13)22-17(24)12-23-15-7-5-4-6-14(15)21-11-18(23)25/h4-7,11,13,16H,8-10,12H2,1-3H3,(H,22,24). The lowest BCUT2D eigenvalue weighted by atomic mass is 9.69. The number of fused-ring (bicyclic) bond motifs is 3. The van der Waals surface area contributed by atoms with Gasteiger partial charge < -0.3 is 5.32 Å². The number of hydrogen-bond acceptors (Lipinski definition) is 3. The van der Waals surface area contributed by atoms with Crippen LogP contribution in [-0.2, 0) is 11.3 Å². The summed E-state index contributed by atoms with van der Waals surface area (Å²) in [5.41, 5.74) is 1.57. The summed E-state index contributed by atoms with van der Waals surface area (Å²) in [6.07, 6.45) is 4.75. The molecule has 132 valence electrons. The highest BCUT2D eigenvalue weighted by atomic mass is 16.2. The van der Waals surface area contributed by atoms with E-state index < -0.39 is 0 Å². The van der Waals surface area contributed by atoms with Crippen molar-refractivity contribution in [2.75, 3.05) is 0 Å². The summed E-state index contributed by atoms with van der Waals surface area (Å²) >= 11 is 0. The number of carbonyl (C=O) groups excluding carboxylic acids is 1. The van der Waals surface area contributed by atoms with E-state index in [1.54, 1.807) is 0 Å². The van der Waals surface area contributed by atoms with Gasteiger partial charge in [0.05, 0.1) is 17.2 Å². The highest BCUT2D eigenvalue weighted by molar-refractivity contribution is 5.80. The molecule has 3 atom stereocenters. The van der Waals surface area contributed by atoms with E-state index in [0.717, 1.165) is 18.4 Å². The van der Waals surface area contributed by atoms with Crippen LogP contribution < -0.4 is 10.9 Å². The normalized spacial score (nSPS) is 29.9. The molecular weight excluding hydrogens is 314 g/mol. The zero-order chi connectivity index (χ0) is 17.8. The first-order valence-corrected chi connectivity index (χ1v) is 9.07. The third-order valence-corrected chi connectivity index (χ3v) is 7.18. The minimum atomic E-state index is -0.242. The van der Waals surface area contributed by atoms with Gasteiger partial charge in [-0.05, 0) is 48.1 Å². The maximum Gasteiger partial charge on any atom is 0.269 e. The maximum absolute atomic E-state index is 12.7. The lowest BCUT2D eigenvalue weighted by Crippen LogP contribution is -2.48. The monoisotopic (exact) mass is 339 g/mol. The van der Waals surface area contributed by atoms with E-state index in [0.29, 0.717) is 11.4 Å². The van der Waals surface area contributed by atoms with Gasteiger partial charge in [0.15, 0.2) is 0 Å². The van der Waals surface area contributed by atoms with Crippen molar-refractivity contribution in [3.05, 3.63) is 40.8 Å². The third kappa shape index (κ3) is 2.32. The Bertz CT molecular complexity index is 901. The van der Waals surface area contributed by atoms with Gasteiger partial charge in [-0.3, -0.25) is 14.2 Å². The Morgan fingerprint density at radius 1 is 1.32 bits per heavy atom. The quantitative estimate of drug-likeness (QED) is 0.935. The molecule has 2 fully saturated rings. The minimum Gasteiger partial charge on any atom is -0.351 e. The lowest BCUT2D eigenvalue weighted by molar-refractivity contribution is -0.123. The van der Waals surface area contributed by atoms with Crippen molar-refractivity contribution in [1.29, 1.82) is 0 Å². The summed E-state index contributed by atoms with van der Waals surface area (Å²) in [5.74, 6) is 0.584. The molecule has 2 saturated carbocycles. The van der Waals surface area contributed by atoms with Crippen molar-refractivity contribution < 1.29 is 4.79 Å². The van der Waals surface area contributed by atoms with E-state index in [9.17, 15) is 9.59 Å². The second-order valence-electron chi connectivity index (χ2n) is 8.40. The van der Waals surface area contributed by atoms with Crippen LogP contribution in [0.15, 0.2) is 35.3 Å². The molecule has 1 N–H and O–H groups in total. The number of aromatic nitrogens is 2. The van der Waals surface area contributed by atoms with E-state index in [2.05, 4.69) is 31.1 Å². The fourth-order valence-corrected chi connectivity index (χ4v) is 5.08. The van der Waals surface area contributed by atoms with Gasteiger partial charge in [-0.1, -0.05) is 32.9 Å². The Kier molecular flexibility index (Phi) is 3.53. The molecular formula is C20H25N3O2. The van der Waals surface area contributed by atoms with Gasteiger partial charge in [-0.15, -0.1) is 0 Å². The van der Waals surface area contributed by atoms with Crippen LogP contribution in [0, 0.1) is 16.7 Å². The van der Waals surface area contributed by atoms with Gasteiger partial charge in [-0.25, -0.2) is 4.98 Å². The molecule has 5 heteroatoms. The first-order chi connectivity index (χ1) is 11.8. The summed E-state index contributed by atoms with van der Waals surface area (Å²) in [5, 5.41) is 3.23. The number of amides is 1. The fraction of sp³-hybridized carbons (Fsp3) is 0.550. The van der Waals surface area contributed by atoms with Crippen molar-refractivity contribution in [2.24, 2.45) is 16.7 Å². The summed E-state index contributed by atoms with van der Waals surface area (Å²) in [6.45, 7) is 7.01. The van der Waals surface area contributed by atoms with E-state index in [4.69, 9.17) is 0 Å². The molecule has 0 saturated heterocycles. The smallest absolute Gasteiger partial charge is 0.269 e. The number of rotatable bonds is 3. The topological polar surface area (TPSA) is 64.0 Å². The average Bonchev–Trinajstić information content (AvgIpc) is 2.91. The molecule has 4 rings (SSSR count). The average molecular weight is 339 g/mol. The molecule has 3 unspecified atom stereocenters. The van der Waals surface area contributed by atoms with Crippen molar-refractivity contribution in [1.82, 2.24) is 14.9 Å². The number of para-hydroxylation sites is 2. The molecule has 1 aromatic heterocycles. The number of nitrogens with zero attached hydrogens (tertiary/aromatic N) is 2. The van der Waals surface area contributed by atoms with E-state index >= 15 is 0 Å². The molecule has 2 bridgehead atoms. The molecule has 2 aromatic rings. The Balaban J connectivity index is 1.57. The fourth-order valence-electron chi connectivity index (χ4n) is 5.08. The number of benzene rings is 1. The van der Waals surface area contributed by atoms with E-state index in [1.807, 2.05) is 24.3 Å². The first-order valence-electron chi connectivity index (χ1n) is 9.07. The van der Waals surface area contributed by atoms with Gasteiger partial charge in [0, 0.05) is 6.04 Å². The maximum atomic E-state index is 12.7. The van der Waals surface area contributed by atoms with Gasteiger partial charge in [-0.2, -0.15) is 0 Å². The van der Waals surface area contributed by atoms with Crippen molar-refractivity contribution in [2.45, 2.75) is 52.6 Å². The minimum absolute atomic E-state index is 0.0412. The van der Waals surface area contributed by atoms with Crippen LogP contribution in [0.4, 0.5) is 0 Å². The molecule has 1 heterocycles. The van der Waals surface area contributed by atoms with Crippen LogP contribution in [0.5, 0.6) is 0 Å². The Morgan fingerprint density at radius 2 is 2.08 bits per heavy atom. The highest BCUT2D eigenvalue weighted by Gasteiger charge is 2.61. The number of carbonyl (C=O) groups is 1. The molecule has 1 aromatic carbocycles. The van der Waals surface area contributed by atoms with Gasteiger partial charge in [0.2, 0.25) is 5.91 Å². The van der Waals surface area contributed by atoms with Crippen LogP contribution in [0.3, 0.4) is 0 Å². The summed E-state index contributed by atoms with van der Waals surface area (Å²) < 4.78 is 1.51. The van der Waals surface area contributed by atoms with Crippen molar-refractivity contribution in [3.63, 3.8) is 0 Å². The molecule has 2 aliphatic carbocycles. The lowest BCUT2D eigenvalue weighted by Gasteiger charge is -2.39. The van der Waals surface area contributed by atoms with Crippen LogP contribution >= 0.6 is 0 Å². The molecule has 2 aliphatic rings. The van der Waals surface area contributed by atoms with Gasteiger partial charge in [0.1, 0.15) is 6.54 Å². The predicted molar refractivity (Wildman–Crippen MR) is 97.2 cm³/mol. The van der Waals surface area contributed by atoms with Crippen LogP contribution in [0.1, 0.15) is 40.0 Å². The van der Waals surface area contributed by atoms with E-state index in [-0.39, 0.29) is 34.9 Å². The van der Waals surface area contributed by atoms with Gasteiger partial charge >= 0.3 is 0 Å². The molecule has 25 heavy (non-hydrogen) atoms. The van der Waals surface area contributed by atoms with E-state index in [1.165, 1.54) is 17.2 Å². The number of hydrogen-bond donors (Lipinski definition) is 1. The zero-order valence-corrected chi connectivity index (χ0v) is 15.1. The zero-order valence-electron chi connectivity index (χ0n) is 15.1. The molecule has 1 amide bonds. The Hall–Kier alpha value is -2.17. The second-order valence-corrected chi connectivity index (χ2v) is 8.40. The summed E-state index contributed by atoms with van der Waals surface area (Å²) in [4.78, 5) is 29.1. The molecule has 5 nitrogen and oxygen atoms in total. The number of nitrogens with one attached hydrogen (secondary N) is 1. The van der Waals surface area contributed by atoms with Crippen molar-refractivity contribution >= 4 is 16.9 Å². The summed E-state index contributed by atoms with van der Waals surface area (Å²) in [7, 11) is 0. The predicted octanol–water partition coefficient (Wildman–Crippen LogP) is 2.73. The first kappa shape index (κ1) is 16.3. The van der Waals surface area contributed by atoms with Crippen LogP contribution in [-0.4, -0.2) is 21.5 Å². The van der Waals surface area contributed by atoms with Crippen LogP contribution in [0.25, 0.3) is 11.0 Å². The van der Waals surface area contributed by atoms with Gasteiger partial charge in [0.25, 0.3) is 5.56 Å². The Labute approximate surface area is 147 Å². The third-order valence-electron chi connectivity index (χ3n) is 7.18. The molecule has 0 spiro atoms. The molecule has 0 radical (unpaired) electrons. The summed E-state index contributed by atoms with van der Waals surface area (Å²) in [6, 6.07) is 7.61. The largest absolute Gasteiger partial charge is 0.351 e.